The smallest absolute Gasteiger partial charge is 0.337 e. The number of aryl methyl sites for hydroxylation is 12. The van der Waals surface area contributed by atoms with Crippen molar-refractivity contribution in [3.8, 4) is 0 Å². The molecule has 0 unspecified atom stereocenters. The second-order valence-electron chi connectivity index (χ2n) is 31.3. The number of pyridine rings is 7. The predicted octanol–water partition coefficient (Wildman–Crippen LogP) is 26.9. The molecule has 0 atom stereocenters. The van der Waals surface area contributed by atoms with Crippen LogP contribution in [0.2, 0.25) is 0 Å². The van der Waals surface area contributed by atoms with E-state index >= 15 is 0 Å². The van der Waals surface area contributed by atoms with Crippen LogP contribution >= 0.6 is 0 Å². The van der Waals surface area contributed by atoms with Gasteiger partial charge in [0, 0.05) is 80.6 Å². The molecule has 0 spiro atoms. The molecule has 0 amide bonds. The van der Waals surface area contributed by atoms with Crippen molar-refractivity contribution in [2.45, 2.75) is 221 Å². The zero-order valence-electron chi connectivity index (χ0n) is 68.3. The number of hydrogen-bond donors (Lipinski definition) is 1. The molecule has 7 aromatic heterocycles. The van der Waals surface area contributed by atoms with Gasteiger partial charge in [0.2, 0.25) is 0 Å². The first-order chi connectivity index (χ1) is 50.1. The summed E-state index contributed by atoms with van der Waals surface area (Å²) in [6.07, 6.45) is 11.2. The highest BCUT2D eigenvalue weighted by Gasteiger charge is 2.17. The van der Waals surface area contributed by atoms with E-state index in [0.29, 0.717) is 46.9 Å². The van der Waals surface area contributed by atoms with Gasteiger partial charge in [0.15, 0.2) is 0 Å². The van der Waals surface area contributed by atoms with Gasteiger partial charge >= 0.3 is 5.97 Å². The molecule has 0 saturated carbocycles. The molecule has 0 aliphatic rings. The minimum absolute atomic E-state index is 0.280. The Morgan fingerprint density at radius 1 is 0.255 bits per heavy atom. The Hall–Kier alpha value is -10.1. The predicted molar refractivity (Wildman–Crippen MR) is 455 cm³/mol. The van der Waals surface area contributed by atoms with E-state index in [-0.39, 0.29) is 5.56 Å². The van der Waals surface area contributed by atoms with Crippen molar-refractivity contribution in [3.63, 3.8) is 0 Å². The van der Waals surface area contributed by atoms with Gasteiger partial charge < -0.3 is 5.11 Å². The maximum atomic E-state index is 11.2. The van der Waals surface area contributed by atoms with Crippen molar-refractivity contribution < 1.29 is 9.90 Å². The van der Waals surface area contributed by atoms with Crippen LogP contribution in [0.5, 0.6) is 0 Å². The number of carbonyl (C=O) groups is 1. The average molecular weight is 1410 g/mol. The van der Waals surface area contributed by atoms with Crippen LogP contribution in [-0.4, -0.2) is 46.0 Å². The highest BCUT2D eigenvalue weighted by atomic mass is 16.4. The molecule has 9 heteroatoms. The summed E-state index contributed by atoms with van der Waals surface area (Å²) >= 11 is 0. The molecular formula is C97H115N7O2. The summed E-state index contributed by atoms with van der Waals surface area (Å²) in [5, 5.41) is 18.0. The summed E-state index contributed by atoms with van der Waals surface area (Å²) in [5.74, 6) is 2.75. The third kappa shape index (κ3) is 20.3. The number of aromatic carboxylic acids is 1. The van der Waals surface area contributed by atoms with Gasteiger partial charge in [0.1, 0.15) is 0 Å². The molecule has 1 N–H and O–H groups in total. The van der Waals surface area contributed by atoms with E-state index in [9.17, 15) is 9.90 Å². The Balaban J connectivity index is 0.000000156. The van der Waals surface area contributed by atoms with Gasteiger partial charge in [0.25, 0.3) is 0 Å². The first kappa shape index (κ1) is 81.5. The third-order valence-electron chi connectivity index (χ3n) is 19.5. The van der Waals surface area contributed by atoms with Crippen molar-refractivity contribution in [1.29, 1.82) is 0 Å². The Labute approximate surface area is 632 Å². The fourth-order valence-corrected chi connectivity index (χ4v) is 14.4. The minimum Gasteiger partial charge on any atom is -0.478 e. The van der Waals surface area contributed by atoms with Gasteiger partial charge in [-0.25, -0.2) is 4.79 Å². The first-order valence-electron chi connectivity index (χ1n) is 37.9. The Bertz CT molecular complexity index is 5050. The molecule has 14 aromatic rings. The minimum atomic E-state index is -0.924. The summed E-state index contributed by atoms with van der Waals surface area (Å²) in [4.78, 5) is 42.2. The van der Waals surface area contributed by atoms with Crippen molar-refractivity contribution in [1.82, 2.24) is 34.9 Å². The molecule has 550 valence electrons. The molecule has 0 aliphatic carbocycles. The number of benzene rings is 7. The van der Waals surface area contributed by atoms with Gasteiger partial charge in [-0.05, 0) is 294 Å². The lowest BCUT2D eigenvalue weighted by atomic mass is 9.96. The number of rotatable bonds is 8. The number of nitrogens with zero attached hydrogens (tertiary/aromatic N) is 7. The van der Waals surface area contributed by atoms with Gasteiger partial charge in [-0.2, -0.15) is 0 Å². The lowest BCUT2D eigenvalue weighted by Crippen LogP contribution is -2.01. The van der Waals surface area contributed by atoms with E-state index < -0.39 is 5.97 Å². The van der Waals surface area contributed by atoms with E-state index in [1.54, 1.807) is 12.3 Å². The summed E-state index contributed by atoms with van der Waals surface area (Å²) < 4.78 is 0. The van der Waals surface area contributed by atoms with Gasteiger partial charge in [-0.1, -0.05) is 167 Å². The highest BCUT2D eigenvalue weighted by molar-refractivity contribution is 6.03. The molecule has 0 aliphatic heterocycles. The highest BCUT2D eigenvalue weighted by Crippen LogP contribution is 2.34. The van der Waals surface area contributed by atoms with Gasteiger partial charge in [-0.15, -0.1) is 0 Å². The van der Waals surface area contributed by atoms with Crippen molar-refractivity contribution in [2.24, 2.45) is 0 Å². The molecule has 14 rings (SSSR count). The Morgan fingerprint density at radius 3 is 0.802 bits per heavy atom. The van der Waals surface area contributed by atoms with Crippen LogP contribution in [0.15, 0.2) is 177 Å². The third-order valence-corrected chi connectivity index (χ3v) is 19.5. The van der Waals surface area contributed by atoms with E-state index in [1.165, 1.54) is 121 Å². The topological polar surface area (TPSA) is 128 Å². The summed E-state index contributed by atoms with van der Waals surface area (Å²) in [6, 6.07) is 49.1. The lowest BCUT2D eigenvalue weighted by molar-refractivity contribution is 0.0698. The van der Waals surface area contributed by atoms with Crippen LogP contribution < -0.4 is 0 Å². The molecule has 7 heterocycles. The van der Waals surface area contributed by atoms with Crippen molar-refractivity contribution in [2.75, 3.05) is 0 Å². The number of carboxylic acids is 1. The summed E-state index contributed by atoms with van der Waals surface area (Å²) in [5.41, 5.74) is 32.2. The fourth-order valence-electron chi connectivity index (χ4n) is 14.4. The second kappa shape index (κ2) is 36.3. The standard InChI is InChI=1S/C14H15NO2.5C14H17N.C13H15N/c1-8(2)10-4-5-15-13-11(10)6-9(3)7-12(13)14(16)17;4*1-9(2)12-5-6-15-14-11(4)7-10(3)8-13(12)14;1-9(2)12-8-11(4)15-14-6-5-10(3)7-13(12)14;1-9(2)11-6-7-14-13-5-4-10(3)8-12(11)13/h4-8H,1-3H3,(H,16,17);5*5-9H,1-4H3;4-9H,1-3H3. The van der Waals surface area contributed by atoms with Crippen molar-refractivity contribution in [3.05, 3.63) is 288 Å². The zero-order valence-corrected chi connectivity index (χ0v) is 68.3. The zero-order chi connectivity index (χ0) is 77.7. The van der Waals surface area contributed by atoms with E-state index in [2.05, 4.69) is 329 Å². The molecule has 0 fully saturated rings. The van der Waals surface area contributed by atoms with Gasteiger partial charge in [-0.3, -0.25) is 34.9 Å². The Kier molecular flexibility index (Phi) is 27.9. The van der Waals surface area contributed by atoms with E-state index in [1.807, 2.05) is 50.0 Å². The van der Waals surface area contributed by atoms with Crippen LogP contribution in [0.1, 0.15) is 255 Å². The van der Waals surface area contributed by atoms with E-state index in [4.69, 9.17) is 0 Å². The van der Waals surface area contributed by atoms with Crippen LogP contribution in [-0.2, 0) is 0 Å². The van der Waals surface area contributed by atoms with Crippen LogP contribution in [0.3, 0.4) is 0 Å². The summed E-state index contributed by atoms with van der Waals surface area (Å²) in [6.45, 7) is 56.2. The molecule has 0 saturated heterocycles. The quantitative estimate of drug-likeness (QED) is 0.158. The number of carboxylic acid groups (broad SMARTS) is 1. The van der Waals surface area contributed by atoms with E-state index in [0.717, 1.165) is 55.3 Å². The molecule has 9 nitrogen and oxygen atoms in total. The van der Waals surface area contributed by atoms with Crippen molar-refractivity contribution >= 4 is 82.3 Å². The number of hydrogen-bond acceptors (Lipinski definition) is 8. The maximum absolute atomic E-state index is 11.2. The molecule has 0 radical (unpaired) electrons. The van der Waals surface area contributed by atoms with Crippen LogP contribution in [0, 0.1) is 83.1 Å². The SMILES string of the molecule is Cc1cc(C(=O)O)c2nccc(C(C)C)c2c1.Cc1cc(C)c2nccc(C(C)C)c2c1.Cc1cc(C)c2nccc(C(C)C)c2c1.Cc1cc(C)c2nccc(C(C)C)c2c1.Cc1cc(C)c2nccc(C(C)C)c2c1.Cc1ccc2nc(C)cc(C(C)C)c2c1.Cc1ccc2nccc(C(C)C)c2c1. The molecule has 106 heavy (non-hydrogen) atoms. The Morgan fingerprint density at radius 2 is 0.500 bits per heavy atom. The monoisotopic (exact) mass is 1410 g/mol. The average Bonchev–Trinajstić information content (AvgIpc) is 0.798. The van der Waals surface area contributed by atoms with Crippen LogP contribution in [0.25, 0.3) is 76.3 Å². The number of fused-ring (bicyclic) bond motifs is 7. The molecule has 7 aromatic carbocycles. The first-order valence-corrected chi connectivity index (χ1v) is 37.9. The maximum Gasteiger partial charge on any atom is 0.337 e. The van der Waals surface area contributed by atoms with Gasteiger partial charge in [0.05, 0.1) is 44.2 Å². The second-order valence-corrected chi connectivity index (χ2v) is 31.3. The molecular weight excluding hydrogens is 1300 g/mol. The van der Waals surface area contributed by atoms with Crippen LogP contribution in [0.4, 0.5) is 0 Å². The lowest BCUT2D eigenvalue weighted by Gasteiger charge is -2.11. The fraction of sp³-hybridized carbons (Fsp3) is 0.340. The number of aromatic nitrogens is 7. The largest absolute Gasteiger partial charge is 0.478 e. The summed E-state index contributed by atoms with van der Waals surface area (Å²) in [7, 11) is 0. The molecule has 0 bridgehead atoms. The normalized spacial score (nSPS) is 11.2.